The molecule has 0 saturated heterocycles. The number of anilines is 1. The van der Waals surface area contributed by atoms with Crippen LogP contribution in [0, 0.1) is 12.8 Å². The molecule has 0 radical (unpaired) electrons. The minimum Gasteiger partial charge on any atom is -0.340 e. The quantitative estimate of drug-likeness (QED) is 0.822. The third kappa shape index (κ3) is 4.66. The smallest absolute Gasteiger partial charge is 0.253 e. The number of nitrogens with zero attached hydrogens (tertiary/aromatic N) is 2. The molecule has 24 heavy (non-hydrogen) atoms. The van der Waals surface area contributed by atoms with Crippen molar-refractivity contribution in [2.75, 3.05) is 5.32 Å². The SMILES string of the molecule is Cc1nnc(NC(=O)C(NC(=O)c2ccc(Cl)cc2Cl)C(C)C)s1. The Kier molecular flexibility index (Phi) is 6.15. The second-order valence-corrected chi connectivity index (χ2v) is 7.46. The van der Waals surface area contributed by atoms with Gasteiger partial charge in [-0.2, -0.15) is 0 Å². The van der Waals surface area contributed by atoms with Gasteiger partial charge in [0.05, 0.1) is 10.6 Å². The molecule has 9 heteroatoms. The van der Waals surface area contributed by atoms with Crippen LogP contribution in [0.4, 0.5) is 5.13 Å². The fourth-order valence-corrected chi connectivity index (χ4v) is 3.05. The molecule has 0 aliphatic carbocycles. The van der Waals surface area contributed by atoms with Gasteiger partial charge in [0.15, 0.2) is 0 Å². The van der Waals surface area contributed by atoms with Crippen molar-refractivity contribution in [3.8, 4) is 0 Å². The molecule has 2 aromatic rings. The number of hydrogen-bond acceptors (Lipinski definition) is 5. The van der Waals surface area contributed by atoms with E-state index in [-0.39, 0.29) is 22.4 Å². The molecule has 0 fully saturated rings. The Balaban J connectivity index is 2.12. The summed E-state index contributed by atoms with van der Waals surface area (Å²) in [7, 11) is 0. The summed E-state index contributed by atoms with van der Waals surface area (Å²) in [5.74, 6) is -0.937. The highest BCUT2D eigenvalue weighted by Crippen LogP contribution is 2.21. The minimum absolute atomic E-state index is 0.131. The Morgan fingerprint density at radius 2 is 1.92 bits per heavy atom. The molecule has 1 aromatic carbocycles. The topological polar surface area (TPSA) is 84.0 Å². The largest absolute Gasteiger partial charge is 0.340 e. The predicted molar refractivity (Wildman–Crippen MR) is 95.8 cm³/mol. The lowest BCUT2D eigenvalue weighted by Crippen LogP contribution is -2.47. The van der Waals surface area contributed by atoms with Crippen LogP contribution in [0.5, 0.6) is 0 Å². The lowest BCUT2D eigenvalue weighted by Gasteiger charge is -2.21. The monoisotopic (exact) mass is 386 g/mol. The molecule has 0 bridgehead atoms. The van der Waals surface area contributed by atoms with Crippen molar-refractivity contribution >= 4 is 51.5 Å². The summed E-state index contributed by atoms with van der Waals surface area (Å²) in [4.78, 5) is 24.8. The molecule has 1 atom stereocenters. The van der Waals surface area contributed by atoms with Crippen molar-refractivity contribution in [1.82, 2.24) is 15.5 Å². The van der Waals surface area contributed by atoms with Gasteiger partial charge in [-0.1, -0.05) is 48.4 Å². The summed E-state index contributed by atoms with van der Waals surface area (Å²) in [5.41, 5.74) is 0.256. The number of rotatable bonds is 5. The molecule has 2 rings (SSSR count). The molecule has 2 amide bonds. The number of amides is 2. The lowest BCUT2D eigenvalue weighted by molar-refractivity contribution is -0.118. The molecule has 0 spiro atoms. The average Bonchev–Trinajstić information content (AvgIpc) is 2.89. The van der Waals surface area contributed by atoms with Gasteiger partial charge in [0, 0.05) is 5.02 Å². The summed E-state index contributed by atoms with van der Waals surface area (Å²) < 4.78 is 0. The molecule has 2 N–H and O–H groups in total. The Morgan fingerprint density at radius 3 is 2.46 bits per heavy atom. The van der Waals surface area contributed by atoms with Crippen molar-refractivity contribution in [1.29, 1.82) is 0 Å². The van der Waals surface area contributed by atoms with Gasteiger partial charge in [0.2, 0.25) is 11.0 Å². The number of aryl methyl sites for hydroxylation is 1. The molecule has 0 aliphatic rings. The van der Waals surface area contributed by atoms with Crippen molar-refractivity contribution in [2.45, 2.75) is 26.8 Å². The van der Waals surface area contributed by atoms with Gasteiger partial charge in [0.25, 0.3) is 5.91 Å². The Bertz CT molecular complexity index is 764. The first-order chi connectivity index (χ1) is 11.3. The fraction of sp³-hybridized carbons (Fsp3) is 0.333. The summed E-state index contributed by atoms with van der Waals surface area (Å²) in [6.45, 7) is 5.45. The normalized spacial score (nSPS) is 12.1. The highest BCUT2D eigenvalue weighted by molar-refractivity contribution is 7.15. The summed E-state index contributed by atoms with van der Waals surface area (Å²) in [5, 5.41) is 14.8. The van der Waals surface area contributed by atoms with E-state index in [1.807, 2.05) is 13.8 Å². The number of hydrogen-bond donors (Lipinski definition) is 2. The third-order valence-corrected chi connectivity index (χ3v) is 4.47. The van der Waals surface area contributed by atoms with E-state index in [2.05, 4.69) is 20.8 Å². The predicted octanol–water partition coefficient (Wildman–Crippen LogP) is 3.55. The third-order valence-electron chi connectivity index (χ3n) is 3.17. The zero-order chi connectivity index (χ0) is 17.9. The zero-order valence-electron chi connectivity index (χ0n) is 13.3. The Morgan fingerprint density at radius 1 is 1.21 bits per heavy atom. The zero-order valence-corrected chi connectivity index (χ0v) is 15.6. The highest BCUT2D eigenvalue weighted by atomic mass is 35.5. The number of halogens is 2. The van der Waals surface area contributed by atoms with Crippen LogP contribution in [-0.4, -0.2) is 28.1 Å². The van der Waals surface area contributed by atoms with Crippen LogP contribution in [0.2, 0.25) is 10.0 Å². The number of carbonyl (C=O) groups excluding carboxylic acids is 2. The van der Waals surface area contributed by atoms with E-state index in [0.29, 0.717) is 10.2 Å². The van der Waals surface area contributed by atoms with E-state index < -0.39 is 11.9 Å². The molecule has 6 nitrogen and oxygen atoms in total. The van der Waals surface area contributed by atoms with Gasteiger partial charge in [-0.3, -0.25) is 14.9 Å². The first kappa shape index (κ1) is 18.6. The Hall–Kier alpha value is -1.70. The summed E-state index contributed by atoms with van der Waals surface area (Å²) in [6.07, 6.45) is 0. The minimum atomic E-state index is -0.742. The first-order valence-corrected chi connectivity index (χ1v) is 8.72. The standard InChI is InChI=1S/C15H16Cl2N4O2S/c1-7(2)12(14(23)19-15-21-20-8(3)24-15)18-13(22)10-5-4-9(16)6-11(10)17/h4-7,12H,1-3H3,(H,18,22)(H,19,21,23). The summed E-state index contributed by atoms with van der Waals surface area (Å²) >= 11 is 13.1. The number of nitrogens with one attached hydrogen (secondary N) is 2. The first-order valence-electron chi connectivity index (χ1n) is 7.15. The van der Waals surface area contributed by atoms with Crippen molar-refractivity contribution < 1.29 is 9.59 Å². The Labute approximate surface area is 153 Å². The van der Waals surface area contributed by atoms with E-state index in [1.54, 1.807) is 13.0 Å². The molecule has 0 aliphatic heterocycles. The molecule has 1 unspecified atom stereocenters. The van der Waals surface area contributed by atoms with E-state index >= 15 is 0 Å². The van der Waals surface area contributed by atoms with E-state index in [9.17, 15) is 9.59 Å². The second-order valence-electron chi connectivity index (χ2n) is 5.43. The van der Waals surface area contributed by atoms with Gasteiger partial charge in [-0.15, -0.1) is 10.2 Å². The molecular weight excluding hydrogens is 371 g/mol. The number of aromatic nitrogens is 2. The van der Waals surface area contributed by atoms with Crippen LogP contribution in [0.1, 0.15) is 29.2 Å². The van der Waals surface area contributed by atoms with Gasteiger partial charge in [-0.05, 0) is 31.0 Å². The van der Waals surface area contributed by atoms with Gasteiger partial charge < -0.3 is 5.32 Å². The van der Waals surface area contributed by atoms with Crippen LogP contribution < -0.4 is 10.6 Å². The van der Waals surface area contributed by atoms with Crippen molar-refractivity contribution in [2.24, 2.45) is 5.92 Å². The molecule has 128 valence electrons. The van der Waals surface area contributed by atoms with Crippen molar-refractivity contribution in [3.05, 3.63) is 38.8 Å². The van der Waals surface area contributed by atoms with Crippen LogP contribution in [-0.2, 0) is 4.79 Å². The lowest BCUT2D eigenvalue weighted by atomic mass is 10.0. The highest BCUT2D eigenvalue weighted by Gasteiger charge is 2.26. The average molecular weight is 387 g/mol. The molecular formula is C15H16Cl2N4O2S. The van der Waals surface area contributed by atoms with Gasteiger partial charge >= 0.3 is 0 Å². The second kappa shape index (κ2) is 7.92. The molecule has 1 aromatic heterocycles. The molecule has 0 saturated carbocycles. The van der Waals surface area contributed by atoms with E-state index in [0.717, 1.165) is 5.01 Å². The van der Waals surface area contributed by atoms with Crippen LogP contribution in [0.15, 0.2) is 18.2 Å². The maximum absolute atomic E-state index is 12.4. The van der Waals surface area contributed by atoms with Gasteiger partial charge in [-0.25, -0.2) is 0 Å². The fourth-order valence-electron chi connectivity index (χ4n) is 1.96. The maximum atomic E-state index is 12.4. The van der Waals surface area contributed by atoms with Crippen LogP contribution in [0.3, 0.4) is 0 Å². The van der Waals surface area contributed by atoms with Crippen molar-refractivity contribution in [3.63, 3.8) is 0 Å². The van der Waals surface area contributed by atoms with Crippen LogP contribution >= 0.6 is 34.5 Å². The van der Waals surface area contributed by atoms with Gasteiger partial charge in [0.1, 0.15) is 11.0 Å². The van der Waals surface area contributed by atoms with E-state index in [4.69, 9.17) is 23.2 Å². The van der Waals surface area contributed by atoms with Crippen LogP contribution in [0.25, 0.3) is 0 Å². The molecule has 1 heterocycles. The van der Waals surface area contributed by atoms with E-state index in [1.165, 1.54) is 23.5 Å². The number of benzene rings is 1. The number of carbonyl (C=O) groups is 2. The maximum Gasteiger partial charge on any atom is 0.253 e. The summed E-state index contributed by atoms with van der Waals surface area (Å²) in [6, 6.07) is 3.82.